The molecule has 0 saturated carbocycles. The largest absolute Gasteiger partial charge is 0.354 e. The summed E-state index contributed by atoms with van der Waals surface area (Å²) in [7, 11) is 0. The van der Waals surface area contributed by atoms with Crippen LogP contribution in [0.1, 0.15) is 11.1 Å². The second-order valence-electron chi connectivity index (χ2n) is 3.82. The van der Waals surface area contributed by atoms with Crippen molar-refractivity contribution in [2.24, 2.45) is 0 Å². The van der Waals surface area contributed by atoms with E-state index >= 15 is 0 Å². The Morgan fingerprint density at radius 1 is 1.00 bits per heavy atom. The van der Waals surface area contributed by atoms with Crippen LogP contribution in [0.4, 0.5) is 0 Å². The second kappa shape index (κ2) is 6.18. The zero-order valence-corrected chi connectivity index (χ0v) is 10.1. The van der Waals surface area contributed by atoms with E-state index in [0.717, 1.165) is 5.56 Å². The first-order valence-corrected chi connectivity index (χ1v) is 5.73. The molecule has 3 heteroatoms. The van der Waals surface area contributed by atoms with Crippen LogP contribution >= 0.6 is 0 Å². The van der Waals surface area contributed by atoms with Crippen molar-refractivity contribution in [3.63, 3.8) is 0 Å². The van der Waals surface area contributed by atoms with Crippen LogP contribution in [-0.4, -0.2) is 5.97 Å². The number of benzene rings is 2. The molecule has 3 nitrogen and oxygen atoms in total. The third kappa shape index (κ3) is 3.30. The van der Waals surface area contributed by atoms with Crippen molar-refractivity contribution in [2.45, 2.75) is 0 Å². The van der Waals surface area contributed by atoms with Crippen molar-refractivity contribution in [3.8, 4) is 6.26 Å². The molecule has 0 N–H and O–H groups in total. The summed E-state index contributed by atoms with van der Waals surface area (Å²) in [5.74, 6) is -0.655. The molecule has 0 heterocycles. The third-order valence-corrected chi connectivity index (χ3v) is 2.55. The molecule has 0 amide bonds. The van der Waals surface area contributed by atoms with Crippen LogP contribution < -0.4 is 0 Å². The fourth-order valence-electron chi connectivity index (χ4n) is 1.69. The van der Waals surface area contributed by atoms with Crippen molar-refractivity contribution in [3.05, 3.63) is 71.8 Å². The van der Waals surface area contributed by atoms with E-state index in [9.17, 15) is 4.79 Å². The van der Waals surface area contributed by atoms with Crippen LogP contribution in [0.15, 0.2) is 60.7 Å². The van der Waals surface area contributed by atoms with E-state index < -0.39 is 5.97 Å². The molecule has 2 rings (SSSR count). The first kappa shape index (κ1) is 12.6. The summed E-state index contributed by atoms with van der Waals surface area (Å²) in [6.45, 7) is 0. The summed E-state index contributed by atoms with van der Waals surface area (Å²) in [5, 5.41) is 8.48. The zero-order chi connectivity index (χ0) is 13.5. The van der Waals surface area contributed by atoms with Gasteiger partial charge in [-0.05, 0) is 17.2 Å². The molecule has 0 fully saturated rings. The number of carbonyl (C=O) groups excluding carboxylic acids is 1. The first-order chi connectivity index (χ1) is 9.31. The summed E-state index contributed by atoms with van der Waals surface area (Å²) in [5.41, 5.74) is 1.94. The highest BCUT2D eigenvalue weighted by Gasteiger charge is 2.13. The minimum Gasteiger partial charge on any atom is -0.347 e. The number of carbonyl (C=O) groups is 1. The van der Waals surface area contributed by atoms with Crippen molar-refractivity contribution < 1.29 is 9.53 Å². The fourth-order valence-corrected chi connectivity index (χ4v) is 1.69. The Kier molecular flexibility index (Phi) is 4.09. The number of ether oxygens (including phenoxy) is 1. The average Bonchev–Trinajstić information content (AvgIpc) is 2.47. The molecule has 0 aromatic heterocycles. The smallest absolute Gasteiger partial charge is 0.347 e. The van der Waals surface area contributed by atoms with Gasteiger partial charge in [-0.3, -0.25) is 0 Å². The van der Waals surface area contributed by atoms with E-state index in [-0.39, 0.29) is 0 Å². The van der Waals surface area contributed by atoms with Gasteiger partial charge >= 0.3 is 5.97 Å². The maximum atomic E-state index is 11.8. The third-order valence-electron chi connectivity index (χ3n) is 2.55. The Balaban J connectivity index is 2.44. The van der Waals surface area contributed by atoms with Gasteiger partial charge in [-0.25, -0.2) is 4.79 Å². The van der Waals surface area contributed by atoms with Gasteiger partial charge in [0.05, 0.1) is 5.57 Å². The van der Waals surface area contributed by atoms with Crippen LogP contribution in [0.2, 0.25) is 0 Å². The van der Waals surface area contributed by atoms with Crippen molar-refractivity contribution in [2.75, 3.05) is 0 Å². The molecule has 0 aliphatic carbocycles. The normalized spacial score (nSPS) is 10.6. The molecular weight excluding hydrogens is 238 g/mol. The predicted octanol–water partition coefficient (Wildman–Crippen LogP) is 3.25. The molecule has 2 aromatic rings. The Morgan fingerprint density at radius 3 is 2.16 bits per heavy atom. The number of hydrogen-bond donors (Lipinski definition) is 0. The first-order valence-electron chi connectivity index (χ1n) is 5.73. The standard InChI is InChI=1S/C16H11NO2/c17-12-19-16(18)15(14-9-5-2-6-10-14)11-13-7-3-1-4-8-13/h1-11H. The zero-order valence-electron chi connectivity index (χ0n) is 10.1. The van der Waals surface area contributed by atoms with Gasteiger partial charge in [0.1, 0.15) is 0 Å². The minimum absolute atomic E-state index is 0.355. The maximum absolute atomic E-state index is 11.8. The Bertz CT molecular complexity index is 625. The van der Waals surface area contributed by atoms with Gasteiger partial charge in [0.15, 0.2) is 0 Å². The molecule has 0 bridgehead atoms. The molecular formula is C16H11NO2. The van der Waals surface area contributed by atoms with E-state index in [1.807, 2.05) is 48.5 Å². The highest BCUT2D eigenvalue weighted by Crippen LogP contribution is 2.19. The van der Waals surface area contributed by atoms with Crippen molar-refractivity contribution in [1.82, 2.24) is 0 Å². The van der Waals surface area contributed by atoms with E-state index in [4.69, 9.17) is 5.26 Å². The number of rotatable bonds is 3. The summed E-state index contributed by atoms with van der Waals surface area (Å²) >= 11 is 0. The lowest BCUT2D eigenvalue weighted by molar-refractivity contribution is -0.130. The lowest BCUT2D eigenvalue weighted by Crippen LogP contribution is -2.03. The lowest BCUT2D eigenvalue weighted by atomic mass is 10.0. The topological polar surface area (TPSA) is 50.1 Å². The van der Waals surface area contributed by atoms with Crippen molar-refractivity contribution in [1.29, 1.82) is 5.26 Å². The van der Waals surface area contributed by atoms with Gasteiger partial charge < -0.3 is 4.74 Å². The molecule has 0 saturated heterocycles. The molecule has 19 heavy (non-hydrogen) atoms. The molecule has 0 aliphatic heterocycles. The summed E-state index contributed by atoms with van der Waals surface area (Å²) in [4.78, 5) is 11.8. The SMILES string of the molecule is N#COC(=O)C(=Cc1ccccc1)c1ccccc1. The van der Waals surface area contributed by atoms with Crippen molar-refractivity contribution >= 4 is 17.6 Å². The van der Waals surface area contributed by atoms with Gasteiger partial charge in [0.2, 0.25) is 0 Å². The fraction of sp³-hybridized carbons (Fsp3) is 0. The molecule has 0 radical (unpaired) electrons. The van der Waals surface area contributed by atoms with E-state index in [1.54, 1.807) is 18.2 Å². The molecule has 0 aliphatic rings. The van der Waals surface area contributed by atoms with Gasteiger partial charge in [0.25, 0.3) is 6.26 Å². The van der Waals surface area contributed by atoms with Crippen LogP contribution in [0.5, 0.6) is 0 Å². The van der Waals surface area contributed by atoms with E-state index in [1.165, 1.54) is 6.26 Å². The maximum Gasteiger partial charge on any atom is 0.354 e. The molecule has 0 atom stereocenters. The van der Waals surface area contributed by atoms with Crippen LogP contribution in [0.25, 0.3) is 11.6 Å². The average molecular weight is 249 g/mol. The van der Waals surface area contributed by atoms with Gasteiger partial charge in [0, 0.05) is 0 Å². The number of nitriles is 1. The lowest BCUT2D eigenvalue weighted by Gasteiger charge is -2.04. The minimum atomic E-state index is -0.655. The Hall–Kier alpha value is -2.86. The second-order valence-corrected chi connectivity index (χ2v) is 3.82. The van der Waals surface area contributed by atoms with Crippen LogP contribution in [0.3, 0.4) is 0 Å². The molecule has 0 unspecified atom stereocenters. The molecule has 92 valence electrons. The Morgan fingerprint density at radius 2 is 1.58 bits per heavy atom. The Labute approximate surface area is 111 Å². The van der Waals surface area contributed by atoms with E-state index in [2.05, 4.69) is 4.74 Å². The number of hydrogen-bond acceptors (Lipinski definition) is 3. The highest BCUT2D eigenvalue weighted by molar-refractivity contribution is 6.21. The number of nitrogens with zero attached hydrogens (tertiary/aromatic N) is 1. The summed E-state index contributed by atoms with van der Waals surface area (Å²) < 4.78 is 4.43. The van der Waals surface area contributed by atoms with Gasteiger partial charge in [-0.15, -0.1) is 5.26 Å². The molecule has 2 aromatic carbocycles. The predicted molar refractivity (Wildman–Crippen MR) is 72.5 cm³/mol. The van der Waals surface area contributed by atoms with E-state index in [0.29, 0.717) is 11.1 Å². The highest BCUT2D eigenvalue weighted by atomic mass is 16.5. The van der Waals surface area contributed by atoms with Crippen LogP contribution in [0, 0.1) is 11.5 Å². The van der Waals surface area contributed by atoms with Crippen LogP contribution in [-0.2, 0) is 9.53 Å². The van der Waals surface area contributed by atoms with Gasteiger partial charge in [-0.1, -0.05) is 60.7 Å². The number of esters is 1. The summed E-state index contributed by atoms with van der Waals surface area (Å²) in [6, 6.07) is 18.5. The molecule has 0 spiro atoms. The summed E-state index contributed by atoms with van der Waals surface area (Å²) in [6.07, 6.45) is 3.12. The quantitative estimate of drug-likeness (QED) is 0.363. The monoisotopic (exact) mass is 249 g/mol. The van der Waals surface area contributed by atoms with Gasteiger partial charge in [-0.2, -0.15) is 0 Å².